The van der Waals surface area contributed by atoms with Crippen LogP contribution >= 0.6 is 0 Å². The Balaban J connectivity index is 2.21. The van der Waals surface area contributed by atoms with E-state index in [4.69, 9.17) is 0 Å². The van der Waals surface area contributed by atoms with Crippen molar-refractivity contribution in [2.75, 3.05) is 0 Å². The first-order valence-electron chi connectivity index (χ1n) is 7.30. The molecule has 4 heteroatoms. The number of hydrogen-bond acceptors (Lipinski definition) is 2. The summed E-state index contributed by atoms with van der Waals surface area (Å²) in [6, 6.07) is 14.1. The van der Waals surface area contributed by atoms with Crippen LogP contribution in [-0.4, -0.2) is 20.6 Å². The second kappa shape index (κ2) is 5.64. The number of nitrogens with zero attached hydrogens (tertiary/aromatic N) is 2. The van der Waals surface area contributed by atoms with E-state index in [-0.39, 0.29) is 12.5 Å². The molecule has 1 aromatic carbocycles. The van der Waals surface area contributed by atoms with E-state index in [9.17, 15) is 9.90 Å². The molecule has 0 saturated heterocycles. The Morgan fingerprint density at radius 1 is 1.23 bits per heavy atom. The number of carboxylic acids is 1. The van der Waals surface area contributed by atoms with Crippen molar-refractivity contribution in [3.63, 3.8) is 0 Å². The molecule has 4 nitrogen and oxygen atoms in total. The van der Waals surface area contributed by atoms with Crippen molar-refractivity contribution < 1.29 is 9.90 Å². The third kappa shape index (κ3) is 2.37. The summed E-state index contributed by atoms with van der Waals surface area (Å²) >= 11 is 0. The summed E-state index contributed by atoms with van der Waals surface area (Å²) in [6.45, 7) is 4.08. The van der Waals surface area contributed by atoms with Crippen LogP contribution in [-0.2, 0) is 11.2 Å². The Bertz CT molecular complexity index is 822. The summed E-state index contributed by atoms with van der Waals surface area (Å²) in [5, 5.41) is 10.1. The highest BCUT2D eigenvalue weighted by atomic mass is 16.4. The molecule has 1 atom stereocenters. The minimum atomic E-state index is -0.821. The molecule has 0 amide bonds. The Morgan fingerprint density at radius 2 is 1.95 bits per heavy atom. The van der Waals surface area contributed by atoms with E-state index in [1.165, 1.54) is 5.56 Å². The fourth-order valence-electron chi connectivity index (χ4n) is 3.05. The Hall–Kier alpha value is -2.62. The number of pyridine rings is 1. The van der Waals surface area contributed by atoms with Crippen LogP contribution in [0.25, 0.3) is 11.0 Å². The molecule has 0 spiro atoms. The third-order valence-electron chi connectivity index (χ3n) is 4.14. The van der Waals surface area contributed by atoms with E-state index in [2.05, 4.69) is 28.6 Å². The van der Waals surface area contributed by atoms with E-state index in [1.807, 2.05) is 37.3 Å². The normalized spacial score (nSPS) is 12.5. The number of hydrogen-bond donors (Lipinski definition) is 1. The molecule has 0 aliphatic rings. The minimum absolute atomic E-state index is 0.0164. The fourth-order valence-corrected chi connectivity index (χ4v) is 3.05. The zero-order valence-corrected chi connectivity index (χ0v) is 12.7. The lowest BCUT2D eigenvalue weighted by molar-refractivity contribution is -0.136. The summed E-state index contributed by atoms with van der Waals surface area (Å²) in [7, 11) is 0. The van der Waals surface area contributed by atoms with Gasteiger partial charge in [-0.1, -0.05) is 30.3 Å². The van der Waals surface area contributed by atoms with Gasteiger partial charge in [0.2, 0.25) is 0 Å². The zero-order valence-electron chi connectivity index (χ0n) is 12.7. The first kappa shape index (κ1) is 14.3. The largest absolute Gasteiger partial charge is 0.481 e. The van der Waals surface area contributed by atoms with E-state index < -0.39 is 5.97 Å². The van der Waals surface area contributed by atoms with Crippen molar-refractivity contribution >= 4 is 17.0 Å². The lowest BCUT2D eigenvalue weighted by atomic mass is 10.1. The molecule has 0 fully saturated rings. The summed E-state index contributed by atoms with van der Waals surface area (Å²) < 4.78 is 2.13. The van der Waals surface area contributed by atoms with Crippen molar-refractivity contribution in [1.29, 1.82) is 0 Å². The molecular weight excluding hydrogens is 276 g/mol. The summed E-state index contributed by atoms with van der Waals surface area (Å²) in [4.78, 5) is 15.7. The monoisotopic (exact) mass is 294 g/mol. The standard InChI is InChI=1S/C18H18N2O2/c1-12(14-7-4-3-5-8-14)20-13(2)16(11-17(21)22)15-9-6-10-19-18(15)20/h3-10,12H,11H2,1-2H3,(H,21,22). The molecule has 0 bridgehead atoms. The van der Waals surface area contributed by atoms with Gasteiger partial charge in [0, 0.05) is 17.3 Å². The number of aromatic nitrogens is 2. The molecule has 0 radical (unpaired) electrons. The second-order valence-corrected chi connectivity index (χ2v) is 5.47. The van der Waals surface area contributed by atoms with Crippen molar-refractivity contribution in [2.24, 2.45) is 0 Å². The molecule has 2 aromatic heterocycles. The maximum absolute atomic E-state index is 11.2. The van der Waals surface area contributed by atoms with E-state index in [1.54, 1.807) is 6.20 Å². The highest BCUT2D eigenvalue weighted by molar-refractivity contribution is 5.86. The molecule has 0 aliphatic heterocycles. The lowest BCUT2D eigenvalue weighted by Crippen LogP contribution is -2.10. The van der Waals surface area contributed by atoms with Crippen molar-refractivity contribution in [1.82, 2.24) is 9.55 Å². The minimum Gasteiger partial charge on any atom is -0.481 e. The smallest absolute Gasteiger partial charge is 0.307 e. The third-order valence-corrected chi connectivity index (χ3v) is 4.14. The van der Waals surface area contributed by atoms with Gasteiger partial charge < -0.3 is 9.67 Å². The molecule has 22 heavy (non-hydrogen) atoms. The summed E-state index contributed by atoms with van der Waals surface area (Å²) in [6.07, 6.45) is 1.77. The molecule has 112 valence electrons. The van der Waals surface area contributed by atoms with Gasteiger partial charge in [-0.2, -0.15) is 0 Å². The number of fused-ring (bicyclic) bond motifs is 1. The summed E-state index contributed by atoms with van der Waals surface area (Å²) in [5.41, 5.74) is 3.83. The topological polar surface area (TPSA) is 55.1 Å². The number of carboxylic acid groups (broad SMARTS) is 1. The predicted octanol–water partition coefficient (Wildman–Crippen LogP) is 3.58. The van der Waals surface area contributed by atoms with Gasteiger partial charge >= 0.3 is 5.97 Å². The van der Waals surface area contributed by atoms with Crippen molar-refractivity contribution in [2.45, 2.75) is 26.3 Å². The van der Waals surface area contributed by atoms with Gasteiger partial charge in [-0.05, 0) is 37.1 Å². The number of rotatable bonds is 4. The van der Waals surface area contributed by atoms with Crippen LogP contribution in [0.3, 0.4) is 0 Å². The van der Waals surface area contributed by atoms with Crippen LogP contribution in [0.15, 0.2) is 48.7 Å². The maximum atomic E-state index is 11.2. The quantitative estimate of drug-likeness (QED) is 0.800. The number of carbonyl (C=O) groups is 1. The van der Waals surface area contributed by atoms with Crippen LogP contribution in [0.5, 0.6) is 0 Å². The molecule has 0 saturated carbocycles. The first-order chi connectivity index (χ1) is 10.6. The van der Waals surface area contributed by atoms with Gasteiger partial charge in [0.05, 0.1) is 12.5 Å². The maximum Gasteiger partial charge on any atom is 0.307 e. The van der Waals surface area contributed by atoms with Gasteiger partial charge in [0.1, 0.15) is 5.65 Å². The van der Waals surface area contributed by atoms with Gasteiger partial charge in [-0.15, -0.1) is 0 Å². The number of aliphatic carboxylic acids is 1. The van der Waals surface area contributed by atoms with Crippen LogP contribution in [0.2, 0.25) is 0 Å². The van der Waals surface area contributed by atoms with Gasteiger partial charge in [0.25, 0.3) is 0 Å². The van der Waals surface area contributed by atoms with Crippen molar-refractivity contribution in [3.8, 4) is 0 Å². The predicted molar refractivity (Wildman–Crippen MR) is 86.1 cm³/mol. The fraction of sp³-hybridized carbons (Fsp3) is 0.222. The number of benzene rings is 1. The van der Waals surface area contributed by atoms with E-state index >= 15 is 0 Å². The second-order valence-electron chi connectivity index (χ2n) is 5.47. The average molecular weight is 294 g/mol. The van der Waals surface area contributed by atoms with Gasteiger partial charge in [0.15, 0.2) is 0 Å². The highest BCUT2D eigenvalue weighted by Gasteiger charge is 2.20. The average Bonchev–Trinajstić information content (AvgIpc) is 2.80. The molecule has 2 heterocycles. The molecular formula is C18H18N2O2. The van der Waals surface area contributed by atoms with Crippen LogP contribution in [0, 0.1) is 6.92 Å². The molecule has 0 aliphatic carbocycles. The Kier molecular flexibility index (Phi) is 3.67. The molecule has 3 aromatic rings. The summed E-state index contributed by atoms with van der Waals surface area (Å²) in [5.74, 6) is -0.821. The van der Waals surface area contributed by atoms with Gasteiger partial charge in [-0.3, -0.25) is 4.79 Å². The Labute approximate surface area is 129 Å². The van der Waals surface area contributed by atoms with Crippen LogP contribution in [0.4, 0.5) is 0 Å². The first-order valence-corrected chi connectivity index (χ1v) is 7.30. The van der Waals surface area contributed by atoms with E-state index in [0.29, 0.717) is 0 Å². The van der Waals surface area contributed by atoms with Gasteiger partial charge in [-0.25, -0.2) is 4.98 Å². The Morgan fingerprint density at radius 3 is 2.64 bits per heavy atom. The molecule has 1 unspecified atom stereocenters. The zero-order chi connectivity index (χ0) is 15.7. The van der Waals surface area contributed by atoms with Crippen LogP contribution < -0.4 is 0 Å². The van der Waals surface area contributed by atoms with E-state index in [0.717, 1.165) is 22.3 Å². The molecule has 1 N–H and O–H groups in total. The lowest BCUT2D eigenvalue weighted by Gasteiger charge is -2.17. The van der Waals surface area contributed by atoms with Crippen LogP contribution in [0.1, 0.15) is 29.8 Å². The highest BCUT2D eigenvalue weighted by Crippen LogP contribution is 2.30. The van der Waals surface area contributed by atoms with Crippen molar-refractivity contribution in [3.05, 3.63) is 65.5 Å². The molecule has 3 rings (SSSR count). The SMILES string of the molecule is Cc1c(CC(=O)O)c2cccnc2n1C(C)c1ccccc1.